The van der Waals surface area contributed by atoms with Gasteiger partial charge in [-0.3, -0.25) is 9.59 Å². The number of likely N-dealkylation sites (N-methyl/N-ethyl adjacent to an activating group) is 1. The summed E-state index contributed by atoms with van der Waals surface area (Å²) in [5.41, 5.74) is 3.80. The lowest BCUT2D eigenvalue weighted by Crippen LogP contribution is -2.47. The van der Waals surface area contributed by atoms with Gasteiger partial charge in [0.25, 0.3) is 11.8 Å². The van der Waals surface area contributed by atoms with E-state index in [1.165, 1.54) is 0 Å². The Morgan fingerprint density at radius 2 is 1.65 bits per heavy atom. The fraction of sp³-hybridized carbons (Fsp3) is 0.292. The lowest BCUT2D eigenvalue weighted by molar-refractivity contribution is 0.0664. The highest BCUT2D eigenvalue weighted by atomic mass is 16.2. The van der Waals surface area contributed by atoms with Crippen molar-refractivity contribution in [1.29, 1.82) is 0 Å². The summed E-state index contributed by atoms with van der Waals surface area (Å²) in [6, 6.07) is 18.9. The molecule has 0 radical (unpaired) electrons. The maximum Gasteiger partial charge on any atom is 0.272 e. The normalized spacial score (nSPS) is 14.5. The van der Waals surface area contributed by atoms with Gasteiger partial charge in [-0.25, -0.2) is 4.68 Å². The zero-order chi connectivity index (χ0) is 21.8. The van der Waals surface area contributed by atoms with Crippen LogP contribution < -0.4 is 5.32 Å². The molecule has 0 aliphatic carbocycles. The summed E-state index contributed by atoms with van der Waals surface area (Å²) in [6.07, 6.45) is 0. The molecule has 1 N–H and O–H groups in total. The molecule has 1 fully saturated rings. The molecule has 2 aromatic carbocycles. The van der Waals surface area contributed by atoms with Crippen molar-refractivity contribution < 1.29 is 9.59 Å². The Morgan fingerprint density at radius 3 is 2.32 bits per heavy atom. The Morgan fingerprint density at radius 1 is 0.968 bits per heavy atom. The third-order valence-corrected chi connectivity index (χ3v) is 5.57. The highest BCUT2D eigenvalue weighted by Crippen LogP contribution is 2.13. The number of carbonyl (C=O) groups excluding carboxylic acids is 2. The lowest BCUT2D eigenvalue weighted by atomic mass is 10.1. The van der Waals surface area contributed by atoms with E-state index in [-0.39, 0.29) is 11.8 Å². The average Bonchev–Trinajstić information content (AvgIpc) is 3.20. The van der Waals surface area contributed by atoms with E-state index in [0.717, 1.165) is 43.1 Å². The molecule has 1 aromatic heterocycles. The molecule has 0 saturated carbocycles. The monoisotopic (exact) mass is 417 g/mol. The number of para-hydroxylation sites is 1. The third-order valence-electron chi connectivity index (χ3n) is 5.57. The van der Waals surface area contributed by atoms with Crippen LogP contribution in [0.25, 0.3) is 5.69 Å². The summed E-state index contributed by atoms with van der Waals surface area (Å²) in [7, 11) is 2.07. The van der Waals surface area contributed by atoms with Crippen molar-refractivity contribution in [1.82, 2.24) is 24.9 Å². The molecule has 3 aromatic rings. The molecule has 7 nitrogen and oxygen atoms in total. The molecule has 7 heteroatoms. The van der Waals surface area contributed by atoms with Gasteiger partial charge in [0, 0.05) is 44.0 Å². The SMILES string of the molecule is Cc1cc(C(=O)NCc2ccc(C(=O)N3CCN(C)CC3)cc2)nn1-c1ccccc1. The van der Waals surface area contributed by atoms with Crippen LogP contribution in [0.3, 0.4) is 0 Å². The van der Waals surface area contributed by atoms with Crippen molar-refractivity contribution >= 4 is 11.8 Å². The van der Waals surface area contributed by atoms with Gasteiger partial charge in [0.1, 0.15) is 0 Å². The van der Waals surface area contributed by atoms with Crippen molar-refractivity contribution in [3.8, 4) is 5.69 Å². The number of carbonyl (C=O) groups is 2. The first-order valence-electron chi connectivity index (χ1n) is 10.5. The van der Waals surface area contributed by atoms with Crippen LogP contribution in [0.5, 0.6) is 0 Å². The number of amides is 2. The highest BCUT2D eigenvalue weighted by Gasteiger charge is 2.20. The Kier molecular flexibility index (Phi) is 6.13. The second-order valence-electron chi connectivity index (χ2n) is 7.89. The van der Waals surface area contributed by atoms with Gasteiger partial charge in [-0.1, -0.05) is 30.3 Å². The molecule has 0 spiro atoms. The van der Waals surface area contributed by atoms with E-state index in [4.69, 9.17) is 0 Å². The number of benzene rings is 2. The summed E-state index contributed by atoms with van der Waals surface area (Å²) in [5, 5.41) is 7.35. The van der Waals surface area contributed by atoms with Crippen LogP contribution in [0.1, 0.15) is 32.1 Å². The minimum Gasteiger partial charge on any atom is -0.347 e. The van der Waals surface area contributed by atoms with E-state index in [0.29, 0.717) is 17.8 Å². The molecule has 1 saturated heterocycles. The molecule has 2 amide bonds. The molecule has 0 atom stereocenters. The van der Waals surface area contributed by atoms with Crippen LogP contribution in [-0.2, 0) is 6.54 Å². The lowest BCUT2D eigenvalue weighted by Gasteiger charge is -2.32. The molecule has 1 aliphatic rings. The molecule has 0 unspecified atom stereocenters. The van der Waals surface area contributed by atoms with Gasteiger partial charge in [0.15, 0.2) is 5.69 Å². The van der Waals surface area contributed by atoms with Gasteiger partial charge in [-0.15, -0.1) is 0 Å². The van der Waals surface area contributed by atoms with E-state index in [9.17, 15) is 9.59 Å². The Hall–Kier alpha value is -3.45. The molecule has 31 heavy (non-hydrogen) atoms. The Balaban J connectivity index is 1.35. The van der Waals surface area contributed by atoms with Gasteiger partial charge in [0.2, 0.25) is 0 Å². The summed E-state index contributed by atoms with van der Waals surface area (Å²) in [6.45, 7) is 5.60. The van der Waals surface area contributed by atoms with E-state index in [1.54, 1.807) is 10.7 Å². The van der Waals surface area contributed by atoms with Crippen LogP contribution in [0, 0.1) is 6.92 Å². The fourth-order valence-corrected chi connectivity index (χ4v) is 3.65. The molecule has 1 aliphatic heterocycles. The van der Waals surface area contributed by atoms with Gasteiger partial charge < -0.3 is 15.1 Å². The quantitative estimate of drug-likeness (QED) is 0.693. The standard InChI is InChI=1S/C24H27N5O2/c1-18-16-22(26-29(18)21-6-4-3-5-7-21)23(30)25-17-19-8-10-20(11-9-19)24(31)28-14-12-27(2)13-15-28/h3-11,16H,12-15,17H2,1-2H3,(H,25,30). The predicted molar refractivity (Wildman–Crippen MR) is 119 cm³/mol. The van der Waals surface area contributed by atoms with E-state index >= 15 is 0 Å². The number of piperazine rings is 1. The minimum atomic E-state index is -0.227. The summed E-state index contributed by atoms with van der Waals surface area (Å²) < 4.78 is 1.76. The summed E-state index contributed by atoms with van der Waals surface area (Å²) in [5.74, 6) is -0.166. The molecular formula is C24H27N5O2. The van der Waals surface area contributed by atoms with Crippen molar-refractivity contribution in [2.75, 3.05) is 33.2 Å². The van der Waals surface area contributed by atoms with Crippen LogP contribution in [0.15, 0.2) is 60.7 Å². The first kappa shape index (κ1) is 20.8. The molecule has 2 heterocycles. The van der Waals surface area contributed by atoms with Gasteiger partial charge in [-0.2, -0.15) is 5.10 Å². The Labute approximate surface area is 182 Å². The fourth-order valence-electron chi connectivity index (χ4n) is 3.65. The van der Waals surface area contributed by atoms with Crippen LogP contribution in [0.4, 0.5) is 0 Å². The molecule has 4 rings (SSSR count). The maximum absolute atomic E-state index is 12.6. The molecular weight excluding hydrogens is 390 g/mol. The molecule has 0 bridgehead atoms. The Bertz CT molecular complexity index is 1050. The second-order valence-corrected chi connectivity index (χ2v) is 7.89. The third kappa shape index (κ3) is 4.83. The van der Waals surface area contributed by atoms with E-state index < -0.39 is 0 Å². The average molecular weight is 418 g/mol. The highest BCUT2D eigenvalue weighted by molar-refractivity contribution is 5.94. The number of nitrogens with one attached hydrogen (secondary N) is 1. The summed E-state index contributed by atoms with van der Waals surface area (Å²) in [4.78, 5) is 29.3. The van der Waals surface area contributed by atoms with Crippen LogP contribution >= 0.6 is 0 Å². The van der Waals surface area contributed by atoms with E-state index in [1.807, 2.05) is 66.4 Å². The predicted octanol–water partition coefficient (Wildman–Crippen LogP) is 2.50. The minimum absolute atomic E-state index is 0.0608. The number of hydrogen-bond donors (Lipinski definition) is 1. The number of nitrogens with zero attached hydrogens (tertiary/aromatic N) is 4. The number of aromatic nitrogens is 2. The second kappa shape index (κ2) is 9.14. The van der Waals surface area contributed by atoms with Gasteiger partial charge in [-0.05, 0) is 49.9 Å². The van der Waals surface area contributed by atoms with E-state index in [2.05, 4.69) is 22.4 Å². The first-order valence-corrected chi connectivity index (χ1v) is 10.5. The van der Waals surface area contributed by atoms with Gasteiger partial charge >= 0.3 is 0 Å². The maximum atomic E-state index is 12.6. The molecule has 160 valence electrons. The van der Waals surface area contributed by atoms with Crippen molar-refractivity contribution in [2.45, 2.75) is 13.5 Å². The smallest absolute Gasteiger partial charge is 0.272 e. The van der Waals surface area contributed by atoms with Crippen molar-refractivity contribution in [2.24, 2.45) is 0 Å². The topological polar surface area (TPSA) is 70.5 Å². The largest absolute Gasteiger partial charge is 0.347 e. The zero-order valence-corrected chi connectivity index (χ0v) is 17.9. The van der Waals surface area contributed by atoms with Crippen molar-refractivity contribution in [3.05, 3.63) is 83.2 Å². The van der Waals surface area contributed by atoms with Crippen LogP contribution in [0.2, 0.25) is 0 Å². The zero-order valence-electron chi connectivity index (χ0n) is 17.9. The van der Waals surface area contributed by atoms with Crippen LogP contribution in [-0.4, -0.2) is 64.6 Å². The number of rotatable bonds is 5. The van der Waals surface area contributed by atoms with Gasteiger partial charge in [0.05, 0.1) is 5.69 Å². The number of hydrogen-bond acceptors (Lipinski definition) is 4. The summed E-state index contributed by atoms with van der Waals surface area (Å²) >= 11 is 0. The van der Waals surface area contributed by atoms with Crippen molar-refractivity contribution in [3.63, 3.8) is 0 Å². The number of aryl methyl sites for hydroxylation is 1. The first-order chi connectivity index (χ1) is 15.0.